The van der Waals surface area contributed by atoms with Gasteiger partial charge in [-0.05, 0) is 56.8 Å². The van der Waals surface area contributed by atoms with Gasteiger partial charge in [0.2, 0.25) is 11.8 Å². The number of hydrogen-bond acceptors (Lipinski definition) is 5. The molecule has 2 N–H and O–H groups in total. The van der Waals surface area contributed by atoms with Gasteiger partial charge in [0.1, 0.15) is 11.9 Å². The Labute approximate surface area is 209 Å². The van der Waals surface area contributed by atoms with Gasteiger partial charge < -0.3 is 24.8 Å². The lowest BCUT2D eigenvalue weighted by molar-refractivity contribution is -0.142. The van der Waals surface area contributed by atoms with Crippen molar-refractivity contribution in [3.05, 3.63) is 58.3 Å². The number of aliphatic hydroxyl groups excluding tert-OH is 1. The highest BCUT2D eigenvalue weighted by Gasteiger charge is 2.57. The van der Waals surface area contributed by atoms with E-state index in [0.29, 0.717) is 23.4 Å². The van der Waals surface area contributed by atoms with Crippen LogP contribution in [0.4, 0.5) is 4.39 Å². The molecule has 9 heteroatoms. The van der Waals surface area contributed by atoms with Gasteiger partial charge in [0.15, 0.2) is 0 Å². The van der Waals surface area contributed by atoms with Gasteiger partial charge in [-0.15, -0.1) is 0 Å². The maximum atomic E-state index is 13.5. The van der Waals surface area contributed by atoms with Crippen molar-refractivity contribution in [2.75, 3.05) is 27.2 Å². The van der Waals surface area contributed by atoms with Gasteiger partial charge in [0.25, 0.3) is 5.56 Å². The van der Waals surface area contributed by atoms with Crippen LogP contribution < -0.4 is 10.9 Å². The van der Waals surface area contributed by atoms with Crippen LogP contribution in [0.1, 0.15) is 37.4 Å². The average molecular weight is 497 g/mol. The number of benzene rings is 1. The van der Waals surface area contributed by atoms with E-state index in [1.54, 1.807) is 46.7 Å². The lowest BCUT2D eigenvalue weighted by Crippen LogP contribution is -2.53. The molecule has 3 heterocycles. The normalized spacial score (nSPS) is 25.3. The summed E-state index contributed by atoms with van der Waals surface area (Å²) < 4.78 is 15.1. The molecule has 1 aromatic carbocycles. The van der Waals surface area contributed by atoms with Gasteiger partial charge in [0.05, 0.1) is 12.6 Å². The molecule has 0 spiro atoms. The smallest absolute Gasteiger partial charge is 0.258 e. The molecule has 36 heavy (non-hydrogen) atoms. The average Bonchev–Trinajstić information content (AvgIpc) is 3.54. The first-order chi connectivity index (χ1) is 17.3. The maximum Gasteiger partial charge on any atom is 0.258 e. The van der Waals surface area contributed by atoms with E-state index in [1.807, 2.05) is 6.07 Å². The SMILES string of the molecule is CN(C)CC(=O)N1[C@H](C(=O)NC2CCCC2)[C@@H](CO)[C@@H]2Cn3c(ccc(-c4ccc(F)cc4)c3=O)[C@@H]21. The van der Waals surface area contributed by atoms with Crippen molar-refractivity contribution >= 4 is 11.8 Å². The molecule has 3 aliphatic rings. The summed E-state index contributed by atoms with van der Waals surface area (Å²) >= 11 is 0. The summed E-state index contributed by atoms with van der Waals surface area (Å²) in [4.78, 5) is 43.9. The fourth-order valence-corrected chi connectivity index (χ4v) is 6.33. The molecule has 2 fully saturated rings. The number of rotatable bonds is 6. The van der Waals surface area contributed by atoms with Crippen LogP contribution in [0.2, 0.25) is 0 Å². The number of aliphatic hydroxyl groups is 1. The summed E-state index contributed by atoms with van der Waals surface area (Å²) in [5.74, 6) is -1.56. The Balaban J connectivity index is 1.54. The van der Waals surface area contributed by atoms with Crippen LogP contribution in [0.25, 0.3) is 11.1 Å². The van der Waals surface area contributed by atoms with E-state index < -0.39 is 18.0 Å². The molecule has 2 amide bonds. The zero-order valence-corrected chi connectivity index (χ0v) is 20.7. The Morgan fingerprint density at radius 3 is 2.44 bits per heavy atom. The standard InChI is InChI=1S/C27H33FN4O4/c1-30(2)14-23(34)32-24-20(21(15-33)25(32)26(35)29-18-5-3-4-6-18)13-31-22(24)12-11-19(27(31)36)16-7-9-17(28)10-8-16/h7-12,18,20-21,24-25,33H,3-6,13-15H2,1-2H3,(H,29,35)/t20-,21-,24+,25-/m0/s1. The zero-order chi connectivity index (χ0) is 25.6. The Morgan fingerprint density at radius 1 is 1.11 bits per heavy atom. The predicted octanol–water partition coefficient (Wildman–Crippen LogP) is 1.76. The van der Waals surface area contributed by atoms with Gasteiger partial charge in [-0.2, -0.15) is 0 Å². The van der Waals surface area contributed by atoms with Crippen molar-refractivity contribution in [2.45, 2.75) is 50.4 Å². The van der Waals surface area contributed by atoms with Crippen molar-refractivity contribution in [3.8, 4) is 11.1 Å². The number of amides is 2. The molecule has 1 saturated carbocycles. The highest BCUT2D eigenvalue weighted by atomic mass is 19.1. The van der Waals surface area contributed by atoms with Gasteiger partial charge >= 0.3 is 0 Å². The summed E-state index contributed by atoms with van der Waals surface area (Å²) in [6.07, 6.45) is 3.98. The summed E-state index contributed by atoms with van der Waals surface area (Å²) in [7, 11) is 3.59. The van der Waals surface area contributed by atoms with E-state index in [-0.39, 0.29) is 48.3 Å². The van der Waals surface area contributed by atoms with Crippen molar-refractivity contribution in [2.24, 2.45) is 11.8 Å². The van der Waals surface area contributed by atoms with E-state index in [4.69, 9.17) is 0 Å². The highest BCUT2D eigenvalue weighted by molar-refractivity contribution is 5.90. The number of hydrogen-bond donors (Lipinski definition) is 2. The van der Waals surface area contributed by atoms with Crippen molar-refractivity contribution in [3.63, 3.8) is 0 Å². The van der Waals surface area contributed by atoms with Gasteiger partial charge in [-0.3, -0.25) is 14.4 Å². The van der Waals surface area contributed by atoms with Crippen molar-refractivity contribution in [1.82, 2.24) is 19.7 Å². The molecule has 4 atom stereocenters. The predicted molar refractivity (Wildman–Crippen MR) is 132 cm³/mol. The van der Waals surface area contributed by atoms with E-state index >= 15 is 0 Å². The number of carbonyl (C=O) groups is 2. The minimum Gasteiger partial charge on any atom is -0.396 e. The molecule has 0 unspecified atom stereocenters. The Kier molecular flexibility index (Phi) is 6.70. The Morgan fingerprint density at radius 2 is 1.81 bits per heavy atom. The van der Waals surface area contributed by atoms with E-state index in [2.05, 4.69) is 5.32 Å². The maximum absolute atomic E-state index is 13.5. The van der Waals surface area contributed by atoms with Gasteiger partial charge in [-0.25, -0.2) is 4.39 Å². The highest BCUT2D eigenvalue weighted by Crippen LogP contribution is 2.49. The Bertz CT molecular complexity index is 1210. The van der Waals surface area contributed by atoms with Gasteiger partial charge in [-0.1, -0.05) is 25.0 Å². The quantitative estimate of drug-likeness (QED) is 0.636. The lowest BCUT2D eigenvalue weighted by atomic mass is 9.88. The number of likely N-dealkylation sites (tertiary alicyclic amines) is 1. The molecule has 1 saturated heterocycles. The fraction of sp³-hybridized carbons (Fsp3) is 0.519. The second kappa shape index (κ2) is 9.78. The summed E-state index contributed by atoms with van der Waals surface area (Å²) in [5, 5.41) is 13.6. The molecule has 8 nitrogen and oxygen atoms in total. The third kappa shape index (κ3) is 4.24. The first-order valence-corrected chi connectivity index (χ1v) is 12.7. The molecule has 5 rings (SSSR count). The lowest BCUT2D eigenvalue weighted by Gasteiger charge is -2.32. The number of nitrogens with zero attached hydrogens (tertiary/aromatic N) is 3. The second-order valence-corrected chi connectivity index (χ2v) is 10.5. The third-order valence-corrected chi connectivity index (χ3v) is 7.94. The number of carbonyl (C=O) groups excluding carboxylic acids is 2. The molecule has 1 aliphatic carbocycles. The molecule has 192 valence electrons. The molecule has 0 bridgehead atoms. The van der Waals surface area contributed by atoms with Crippen LogP contribution in [0.3, 0.4) is 0 Å². The molecule has 2 aliphatic heterocycles. The molecule has 1 aromatic heterocycles. The zero-order valence-electron chi connectivity index (χ0n) is 20.7. The molecule has 0 radical (unpaired) electrons. The number of aromatic nitrogens is 1. The summed E-state index contributed by atoms with van der Waals surface area (Å²) in [5.41, 5.74) is 1.50. The van der Waals surface area contributed by atoms with E-state index in [0.717, 1.165) is 25.7 Å². The number of pyridine rings is 1. The van der Waals surface area contributed by atoms with Crippen LogP contribution in [0.5, 0.6) is 0 Å². The number of halogens is 1. The molecular weight excluding hydrogens is 463 g/mol. The van der Waals surface area contributed by atoms with E-state index in [9.17, 15) is 23.9 Å². The van der Waals surface area contributed by atoms with Crippen LogP contribution in [0, 0.1) is 17.7 Å². The van der Waals surface area contributed by atoms with Crippen LogP contribution in [-0.4, -0.2) is 70.6 Å². The minimum absolute atomic E-state index is 0.0938. The van der Waals surface area contributed by atoms with Gasteiger partial charge in [0, 0.05) is 42.3 Å². The summed E-state index contributed by atoms with van der Waals surface area (Å²) in [6, 6.07) is 8.13. The van der Waals surface area contributed by atoms with E-state index in [1.165, 1.54) is 12.1 Å². The topological polar surface area (TPSA) is 94.9 Å². The Hall–Kier alpha value is -3.04. The monoisotopic (exact) mass is 496 g/mol. The van der Waals surface area contributed by atoms with Crippen LogP contribution in [-0.2, 0) is 16.1 Å². The van der Waals surface area contributed by atoms with Crippen molar-refractivity contribution < 1.29 is 19.1 Å². The minimum atomic E-state index is -0.793. The third-order valence-electron chi connectivity index (χ3n) is 7.94. The number of likely N-dealkylation sites (N-methyl/N-ethyl adjacent to an activating group) is 1. The second-order valence-electron chi connectivity index (χ2n) is 10.5. The first-order valence-electron chi connectivity index (χ1n) is 12.7. The van der Waals surface area contributed by atoms with Crippen molar-refractivity contribution in [1.29, 1.82) is 0 Å². The number of nitrogens with one attached hydrogen (secondary N) is 1. The molecule has 2 aromatic rings. The molecular formula is C27H33FN4O4. The fourth-order valence-electron chi connectivity index (χ4n) is 6.33. The number of fused-ring (bicyclic) bond motifs is 3. The largest absolute Gasteiger partial charge is 0.396 e. The summed E-state index contributed by atoms with van der Waals surface area (Å²) in [6.45, 7) is 0.160. The van der Waals surface area contributed by atoms with Crippen LogP contribution >= 0.6 is 0 Å². The van der Waals surface area contributed by atoms with Crippen LogP contribution in [0.15, 0.2) is 41.2 Å². The first kappa shape index (κ1) is 24.6.